The standard InChI is InChI=1S/C31H31ClN2O2/c1-2-33-31(36)29(21-23-9-4-3-5-10-23)34(22-24-15-18-27(32)19-16-24)30(35)20-17-26-13-8-12-25-11-6-7-14-28(25)26/h3-16,18-19,29H,2,17,20-22H2,1H3,(H,33,36)/t29-/m0/s1. The number of nitrogens with one attached hydrogen (secondary N) is 1. The second kappa shape index (κ2) is 12.4. The van der Waals surface area contributed by atoms with Crippen LogP contribution in [0, 0.1) is 0 Å². The third-order valence-electron chi connectivity index (χ3n) is 6.38. The molecule has 36 heavy (non-hydrogen) atoms. The average molecular weight is 499 g/mol. The Hall–Kier alpha value is -3.63. The van der Waals surface area contributed by atoms with Crippen LogP contribution in [0.1, 0.15) is 30.0 Å². The van der Waals surface area contributed by atoms with Crippen molar-refractivity contribution in [1.29, 1.82) is 0 Å². The van der Waals surface area contributed by atoms with E-state index in [2.05, 4.69) is 29.6 Å². The lowest BCUT2D eigenvalue weighted by molar-refractivity contribution is -0.141. The first-order chi connectivity index (χ1) is 17.5. The van der Waals surface area contributed by atoms with E-state index in [1.54, 1.807) is 4.90 Å². The summed E-state index contributed by atoms with van der Waals surface area (Å²) >= 11 is 6.09. The average Bonchev–Trinajstić information content (AvgIpc) is 2.91. The Balaban J connectivity index is 1.62. The number of hydrogen-bond donors (Lipinski definition) is 1. The number of benzene rings is 4. The first-order valence-electron chi connectivity index (χ1n) is 12.4. The molecular formula is C31H31ClN2O2. The number of hydrogen-bond acceptors (Lipinski definition) is 2. The molecule has 4 nitrogen and oxygen atoms in total. The van der Waals surface area contributed by atoms with Crippen LogP contribution in [0.3, 0.4) is 0 Å². The van der Waals surface area contributed by atoms with Crippen molar-refractivity contribution in [3.8, 4) is 0 Å². The second-order valence-corrected chi connectivity index (χ2v) is 9.32. The van der Waals surface area contributed by atoms with Crippen LogP contribution in [0.2, 0.25) is 5.02 Å². The summed E-state index contributed by atoms with van der Waals surface area (Å²) in [5, 5.41) is 5.89. The topological polar surface area (TPSA) is 49.4 Å². The summed E-state index contributed by atoms with van der Waals surface area (Å²) in [5.41, 5.74) is 3.07. The van der Waals surface area contributed by atoms with Crippen molar-refractivity contribution >= 4 is 34.2 Å². The lowest BCUT2D eigenvalue weighted by atomic mass is 9.99. The number of carbonyl (C=O) groups excluding carboxylic acids is 2. The van der Waals surface area contributed by atoms with Gasteiger partial charge in [-0.05, 0) is 52.9 Å². The predicted octanol–water partition coefficient (Wildman–Crippen LogP) is 6.20. The number of fused-ring (bicyclic) bond motifs is 1. The van der Waals surface area contributed by atoms with Crippen molar-refractivity contribution in [1.82, 2.24) is 10.2 Å². The Morgan fingerprint density at radius 2 is 1.53 bits per heavy atom. The fraction of sp³-hybridized carbons (Fsp3) is 0.226. The predicted molar refractivity (Wildman–Crippen MR) is 147 cm³/mol. The molecule has 0 spiro atoms. The molecule has 1 atom stereocenters. The highest BCUT2D eigenvalue weighted by atomic mass is 35.5. The molecule has 1 N–H and O–H groups in total. The van der Waals surface area contributed by atoms with Gasteiger partial charge in [0.25, 0.3) is 0 Å². The normalized spacial score (nSPS) is 11.7. The van der Waals surface area contributed by atoms with Crippen LogP contribution in [0.15, 0.2) is 97.1 Å². The van der Waals surface area contributed by atoms with Gasteiger partial charge in [-0.1, -0.05) is 96.5 Å². The van der Waals surface area contributed by atoms with E-state index in [0.29, 0.717) is 37.4 Å². The highest BCUT2D eigenvalue weighted by Gasteiger charge is 2.30. The molecule has 0 aliphatic rings. The number of likely N-dealkylation sites (N-methyl/N-ethyl adjacent to an activating group) is 1. The van der Waals surface area contributed by atoms with Gasteiger partial charge < -0.3 is 10.2 Å². The fourth-order valence-electron chi connectivity index (χ4n) is 4.53. The van der Waals surface area contributed by atoms with Gasteiger partial charge in [0.1, 0.15) is 6.04 Å². The van der Waals surface area contributed by atoms with E-state index in [-0.39, 0.29) is 11.8 Å². The van der Waals surface area contributed by atoms with E-state index in [9.17, 15) is 9.59 Å². The fourth-order valence-corrected chi connectivity index (χ4v) is 4.65. The Labute approximate surface area is 217 Å². The Bertz CT molecular complexity index is 1300. The van der Waals surface area contributed by atoms with Gasteiger partial charge in [0.15, 0.2) is 0 Å². The van der Waals surface area contributed by atoms with Crippen molar-refractivity contribution in [3.05, 3.63) is 119 Å². The Kier molecular flexibility index (Phi) is 8.75. The monoisotopic (exact) mass is 498 g/mol. The van der Waals surface area contributed by atoms with Gasteiger partial charge >= 0.3 is 0 Å². The van der Waals surface area contributed by atoms with E-state index in [1.807, 2.05) is 79.7 Å². The van der Waals surface area contributed by atoms with E-state index < -0.39 is 6.04 Å². The van der Waals surface area contributed by atoms with Gasteiger partial charge in [0.2, 0.25) is 11.8 Å². The maximum absolute atomic E-state index is 13.8. The van der Waals surface area contributed by atoms with E-state index in [4.69, 9.17) is 11.6 Å². The molecule has 0 saturated heterocycles. The summed E-state index contributed by atoms with van der Waals surface area (Å²) in [6.45, 7) is 2.73. The first kappa shape index (κ1) is 25.5. The molecule has 184 valence electrons. The minimum absolute atomic E-state index is 0.0509. The molecule has 0 aromatic heterocycles. The lowest BCUT2D eigenvalue weighted by Crippen LogP contribution is -2.50. The maximum Gasteiger partial charge on any atom is 0.243 e. The molecule has 0 heterocycles. The van der Waals surface area contributed by atoms with Crippen LogP contribution in [-0.2, 0) is 29.0 Å². The Morgan fingerprint density at radius 3 is 2.28 bits per heavy atom. The molecule has 4 aromatic rings. The van der Waals surface area contributed by atoms with Gasteiger partial charge in [0.05, 0.1) is 0 Å². The maximum atomic E-state index is 13.8. The number of amides is 2. The highest BCUT2D eigenvalue weighted by molar-refractivity contribution is 6.30. The molecule has 0 bridgehead atoms. The molecule has 4 aromatic carbocycles. The zero-order chi connectivity index (χ0) is 25.3. The van der Waals surface area contributed by atoms with Crippen LogP contribution in [0.5, 0.6) is 0 Å². The molecule has 4 rings (SSSR count). The van der Waals surface area contributed by atoms with Gasteiger partial charge in [-0.15, -0.1) is 0 Å². The minimum atomic E-state index is -0.622. The number of halogens is 1. The first-order valence-corrected chi connectivity index (χ1v) is 12.7. The van der Waals surface area contributed by atoms with Crippen molar-refractivity contribution in [2.24, 2.45) is 0 Å². The van der Waals surface area contributed by atoms with Crippen LogP contribution in [0.25, 0.3) is 10.8 Å². The van der Waals surface area contributed by atoms with E-state index >= 15 is 0 Å². The largest absolute Gasteiger partial charge is 0.355 e. The van der Waals surface area contributed by atoms with Crippen molar-refractivity contribution in [2.75, 3.05) is 6.54 Å². The van der Waals surface area contributed by atoms with Gasteiger partial charge in [-0.25, -0.2) is 0 Å². The number of nitrogens with zero attached hydrogens (tertiary/aromatic N) is 1. The number of rotatable bonds is 10. The molecular weight excluding hydrogens is 468 g/mol. The van der Waals surface area contributed by atoms with E-state index in [0.717, 1.165) is 27.5 Å². The zero-order valence-electron chi connectivity index (χ0n) is 20.5. The van der Waals surface area contributed by atoms with Crippen molar-refractivity contribution in [2.45, 2.75) is 38.8 Å². The minimum Gasteiger partial charge on any atom is -0.355 e. The van der Waals surface area contributed by atoms with Gasteiger partial charge in [-0.3, -0.25) is 9.59 Å². The second-order valence-electron chi connectivity index (χ2n) is 8.89. The summed E-state index contributed by atoms with van der Waals surface area (Å²) < 4.78 is 0. The van der Waals surface area contributed by atoms with Crippen LogP contribution < -0.4 is 5.32 Å². The summed E-state index contributed by atoms with van der Waals surface area (Å²) in [4.78, 5) is 28.8. The Morgan fingerprint density at radius 1 is 0.833 bits per heavy atom. The lowest BCUT2D eigenvalue weighted by Gasteiger charge is -2.31. The molecule has 0 unspecified atom stereocenters. The molecule has 0 aliphatic carbocycles. The van der Waals surface area contributed by atoms with Crippen molar-refractivity contribution < 1.29 is 9.59 Å². The van der Waals surface area contributed by atoms with E-state index in [1.165, 1.54) is 0 Å². The molecule has 2 amide bonds. The number of aryl methyl sites for hydroxylation is 1. The highest BCUT2D eigenvalue weighted by Crippen LogP contribution is 2.22. The zero-order valence-corrected chi connectivity index (χ0v) is 21.2. The molecule has 0 radical (unpaired) electrons. The van der Waals surface area contributed by atoms with Crippen LogP contribution in [-0.4, -0.2) is 29.3 Å². The summed E-state index contributed by atoms with van der Waals surface area (Å²) in [6, 6.07) is 31.1. The SMILES string of the molecule is CCNC(=O)[C@H](Cc1ccccc1)N(Cc1ccc(Cl)cc1)C(=O)CCc1cccc2ccccc12. The third kappa shape index (κ3) is 6.52. The van der Waals surface area contributed by atoms with Crippen LogP contribution in [0.4, 0.5) is 0 Å². The van der Waals surface area contributed by atoms with Gasteiger partial charge in [0, 0.05) is 31.0 Å². The molecule has 0 aliphatic heterocycles. The van der Waals surface area contributed by atoms with Crippen LogP contribution >= 0.6 is 11.6 Å². The molecule has 0 saturated carbocycles. The number of carbonyl (C=O) groups is 2. The summed E-state index contributed by atoms with van der Waals surface area (Å²) in [5.74, 6) is -0.195. The quantitative estimate of drug-likeness (QED) is 0.283. The summed E-state index contributed by atoms with van der Waals surface area (Å²) in [7, 11) is 0. The summed E-state index contributed by atoms with van der Waals surface area (Å²) in [6.07, 6.45) is 1.36. The van der Waals surface area contributed by atoms with Crippen molar-refractivity contribution in [3.63, 3.8) is 0 Å². The van der Waals surface area contributed by atoms with Gasteiger partial charge in [-0.2, -0.15) is 0 Å². The third-order valence-corrected chi connectivity index (χ3v) is 6.63. The molecule has 0 fully saturated rings. The smallest absolute Gasteiger partial charge is 0.243 e. The molecule has 5 heteroatoms.